The van der Waals surface area contributed by atoms with Crippen molar-refractivity contribution in [3.63, 3.8) is 0 Å². The third kappa shape index (κ3) is 4.59. The molecule has 0 aliphatic carbocycles. The fourth-order valence-electron chi connectivity index (χ4n) is 2.44. The Hall–Kier alpha value is -1.30. The van der Waals surface area contributed by atoms with E-state index in [0.29, 0.717) is 25.9 Å². The minimum Gasteiger partial charge on any atom is -0.435 e. The van der Waals surface area contributed by atoms with E-state index in [0.717, 1.165) is 5.56 Å². The number of ether oxygens (including phenoxy) is 1. The zero-order valence-corrected chi connectivity index (χ0v) is 11.9. The van der Waals surface area contributed by atoms with Gasteiger partial charge in [0.1, 0.15) is 5.75 Å². The van der Waals surface area contributed by atoms with E-state index in [9.17, 15) is 17.6 Å². The summed E-state index contributed by atoms with van der Waals surface area (Å²) < 4.78 is 55.5. The predicted molar refractivity (Wildman–Crippen MR) is 71.9 cm³/mol. The number of piperidine rings is 1. The Morgan fingerprint density at radius 1 is 1.29 bits per heavy atom. The topological polar surface area (TPSA) is 12.5 Å². The van der Waals surface area contributed by atoms with Crippen LogP contribution in [0.15, 0.2) is 24.3 Å². The molecule has 1 saturated heterocycles. The van der Waals surface area contributed by atoms with Gasteiger partial charge in [0.05, 0.1) is 6.54 Å². The van der Waals surface area contributed by atoms with Crippen molar-refractivity contribution < 1.29 is 22.3 Å². The summed E-state index contributed by atoms with van der Waals surface area (Å²) in [6.07, 6.45) is 1.10. The normalized spacial score (nSPS) is 22.5. The van der Waals surface area contributed by atoms with Crippen molar-refractivity contribution in [3.8, 4) is 5.75 Å². The Morgan fingerprint density at radius 3 is 2.52 bits per heavy atom. The molecule has 118 valence electrons. The smallest absolute Gasteiger partial charge is 0.387 e. The van der Waals surface area contributed by atoms with Gasteiger partial charge in [0, 0.05) is 12.5 Å². The van der Waals surface area contributed by atoms with Crippen molar-refractivity contribution in [2.75, 3.05) is 19.6 Å². The lowest BCUT2D eigenvalue weighted by Gasteiger charge is -2.36. The summed E-state index contributed by atoms with van der Waals surface area (Å²) in [5.41, 5.74) is 0.915. The second-order valence-electron chi connectivity index (χ2n) is 5.50. The molecule has 0 N–H and O–H groups in total. The molecule has 1 aliphatic heterocycles. The Labute approximate surface area is 121 Å². The highest BCUT2D eigenvalue weighted by Crippen LogP contribution is 2.32. The second kappa shape index (κ2) is 6.64. The molecule has 21 heavy (non-hydrogen) atoms. The van der Waals surface area contributed by atoms with E-state index in [4.69, 9.17) is 0 Å². The quantitative estimate of drug-likeness (QED) is 0.767. The van der Waals surface area contributed by atoms with Gasteiger partial charge >= 0.3 is 6.61 Å². The maximum atomic E-state index is 13.6. The van der Waals surface area contributed by atoms with Gasteiger partial charge in [-0.1, -0.05) is 19.1 Å². The Balaban J connectivity index is 1.83. The fourth-order valence-corrected chi connectivity index (χ4v) is 2.44. The van der Waals surface area contributed by atoms with Gasteiger partial charge in [0.25, 0.3) is 5.92 Å². The zero-order chi connectivity index (χ0) is 15.5. The zero-order valence-electron chi connectivity index (χ0n) is 11.9. The summed E-state index contributed by atoms with van der Waals surface area (Å²) in [5.74, 6) is -3.10. The summed E-state index contributed by atoms with van der Waals surface area (Å²) in [4.78, 5) is 1.75. The largest absolute Gasteiger partial charge is 0.435 e. The predicted octanol–water partition coefficient (Wildman–Crippen LogP) is 3.81. The fraction of sp³-hybridized carbons (Fsp3) is 0.600. The summed E-state index contributed by atoms with van der Waals surface area (Å²) in [7, 11) is 0. The van der Waals surface area contributed by atoms with Crippen LogP contribution in [0.3, 0.4) is 0 Å². The van der Waals surface area contributed by atoms with Crippen molar-refractivity contribution in [2.45, 2.75) is 32.3 Å². The van der Waals surface area contributed by atoms with E-state index in [2.05, 4.69) is 4.74 Å². The van der Waals surface area contributed by atoms with Gasteiger partial charge in [-0.15, -0.1) is 0 Å². The molecule has 1 heterocycles. The van der Waals surface area contributed by atoms with Gasteiger partial charge in [-0.05, 0) is 37.1 Å². The monoisotopic (exact) mass is 305 g/mol. The number of hydrogen-bond donors (Lipinski definition) is 0. The first kappa shape index (κ1) is 16.1. The van der Waals surface area contributed by atoms with E-state index in [1.165, 1.54) is 12.1 Å². The maximum Gasteiger partial charge on any atom is 0.387 e. The molecule has 1 aromatic carbocycles. The van der Waals surface area contributed by atoms with E-state index >= 15 is 0 Å². The van der Waals surface area contributed by atoms with Crippen molar-refractivity contribution in [1.82, 2.24) is 4.90 Å². The molecule has 0 bridgehead atoms. The minimum atomic E-state index is -2.84. The lowest BCUT2D eigenvalue weighted by Crippen LogP contribution is -2.48. The summed E-state index contributed by atoms with van der Waals surface area (Å²) in [5, 5.41) is 0. The first-order chi connectivity index (χ1) is 9.87. The maximum absolute atomic E-state index is 13.6. The van der Waals surface area contributed by atoms with Crippen LogP contribution >= 0.6 is 0 Å². The highest BCUT2D eigenvalue weighted by Gasteiger charge is 2.41. The van der Waals surface area contributed by atoms with Crippen LogP contribution in [-0.2, 0) is 6.42 Å². The van der Waals surface area contributed by atoms with E-state index in [1.54, 1.807) is 24.0 Å². The summed E-state index contributed by atoms with van der Waals surface area (Å²) in [6.45, 7) is -0.256. The van der Waals surface area contributed by atoms with Crippen LogP contribution < -0.4 is 4.74 Å². The molecule has 6 heteroatoms. The van der Waals surface area contributed by atoms with Gasteiger partial charge in [-0.2, -0.15) is 8.78 Å². The van der Waals surface area contributed by atoms with Gasteiger partial charge < -0.3 is 4.74 Å². The molecular weight excluding hydrogens is 286 g/mol. The Bertz CT molecular complexity index is 449. The number of halogens is 4. The third-order valence-corrected chi connectivity index (χ3v) is 3.90. The second-order valence-corrected chi connectivity index (χ2v) is 5.50. The highest BCUT2D eigenvalue weighted by molar-refractivity contribution is 5.27. The van der Waals surface area contributed by atoms with Gasteiger partial charge in [0.2, 0.25) is 0 Å². The molecule has 0 spiro atoms. The van der Waals surface area contributed by atoms with Crippen molar-refractivity contribution >= 4 is 0 Å². The number of likely N-dealkylation sites (tertiary alicyclic amines) is 1. The number of hydrogen-bond acceptors (Lipinski definition) is 2. The molecule has 2 nitrogen and oxygen atoms in total. The summed E-state index contributed by atoms with van der Waals surface area (Å²) in [6, 6.07) is 6.30. The van der Waals surface area contributed by atoms with Crippen LogP contribution in [0.25, 0.3) is 0 Å². The van der Waals surface area contributed by atoms with E-state index in [-0.39, 0.29) is 12.3 Å². The van der Waals surface area contributed by atoms with E-state index in [1.807, 2.05) is 0 Å². The van der Waals surface area contributed by atoms with Crippen LogP contribution in [-0.4, -0.2) is 37.1 Å². The van der Waals surface area contributed by atoms with Gasteiger partial charge in [-0.25, -0.2) is 8.78 Å². The molecule has 0 amide bonds. The van der Waals surface area contributed by atoms with E-state index < -0.39 is 18.5 Å². The number of nitrogens with zero attached hydrogens (tertiary/aromatic N) is 1. The van der Waals surface area contributed by atoms with Crippen molar-refractivity contribution in [3.05, 3.63) is 29.8 Å². The average molecular weight is 305 g/mol. The Kier molecular flexibility index (Phi) is 5.08. The minimum absolute atomic E-state index is 0.104. The number of benzene rings is 1. The third-order valence-electron chi connectivity index (χ3n) is 3.90. The Morgan fingerprint density at radius 2 is 1.95 bits per heavy atom. The van der Waals surface area contributed by atoms with Crippen LogP contribution in [0.4, 0.5) is 17.6 Å². The average Bonchev–Trinajstić information content (AvgIpc) is 2.41. The first-order valence-corrected chi connectivity index (χ1v) is 7.01. The van der Waals surface area contributed by atoms with Crippen LogP contribution in [0.2, 0.25) is 0 Å². The number of alkyl halides is 4. The molecule has 1 aromatic rings. The molecule has 1 aliphatic rings. The van der Waals surface area contributed by atoms with Gasteiger partial charge in [0.15, 0.2) is 0 Å². The molecule has 1 fully saturated rings. The van der Waals surface area contributed by atoms with Crippen molar-refractivity contribution in [2.24, 2.45) is 5.92 Å². The standard InChI is InChI=1S/C15H19F4NO/c1-11-6-8-20(10-15(11,18)19)9-7-12-2-4-13(5-3-12)21-14(16)17/h2-5,11,14H,6-10H2,1H3. The van der Waals surface area contributed by atoms with Crippen LogP contribution in [0.1, 0.15) is 18.9 Å². The molecule has 0 saturated carbocycles. The SMILES string of the molecule is CC1CCN(CCc2ccc(OC(F)F)cc2)CC1(F)F. The molecule has 2 rings (SSSR count). The molecule has 1 atom stereocenters. The molecule has 0 aromatic heterocycles. The van der Waals surface area contributed by atoms with Gasteiger partial charge in [-0.3, -0.25) is 4.90 Å². The molecule has 1 unspecified atom stereocenters. The lowest BCUT2D eigenvalue weighted by molar-refractivity contribution is -0.104. The highest BCUT2D eigenvalue weighted by atomic mass is 19.3. The van der Waals surface area contributed by atoms with Crippen LogP contribution in [0, 0.1) is 5.92 Å². The summed E-state index contributed by atoms with van der Waals surface area (Å²) >= 11 is 0. The molecular formula is C15H19F4NO. The lowest BCUT2D eigenvalue weighted by atomic mass is 9.94. The molecule has 0 radical (unpaired) electrons. The first-order valence-electron chi connectivity index (χ1n) is 7.01. The number of rotatable bonds is 5. The van der Waals surface area contributed by atoms with Crippen LogP contribution in [0.5, 0.6) is 5.75 Å². The van der Waals surface area contributed by atoms with Crippen molar-refractivity contribution in [1.29, 1.82) is 0 Å².